The molecule has 1 N–H and O–H groups in total. The molecule has 0 heterocycles. The summed E-state index contributed by atoms with van der Waals surface area (Å²) in [6, 6.07) is 5.00. The number of hydrogen-bond acceptors (Lipinski definition) is 3. The molecular formula is C17H23ClN2O3. The molecule has 0 aliphatic heterocycles. The number of nitrogens with zero attached hydrogens (tertiary/aromatic N) is 1. The summed E-state index contributed by atoms with van der Waals surface area (Å²) in [6.07, 6.45) is 5.23. The average molecular weight is 339 g/mol. The van der Waals surface area contributed by atoms with E-state index < -0.39 is 0 Å². The Hall–Kier alpha value is -1.75. The monoisotopic (exact) mass is 338 g/mol. The highest BCUT2D eigenvalue weighted by molar-refractivity contribution is 6.31. The largest absolute Gasteiger partial charge is 0.495 e. The smallest absolute Gasteiger partial charge is 0.244 e. The number of benzene rings is 1. The van der Waals surface area contributed by atoms with Crippen LogP contribution in [0.3, 0.4) is 0 Å². The second-order valence-corrected chi connectivity index (χ2v) is 6.36. The van der Waals surface area contributed by atoms with Gasteiger partial charge in [0.25, 0.3) is 0 Å². The number of amides is 2. The van der Waals surface area contributed by atoms with Gasteiger partial charge >= 0.3 is 0 Å². The molecule has 2 rings (SSSR count). The molecule has 0 saturated heterocycles. The van der Waals surface area contributed by atoms with Crippen LogP contribution in [0.2, 0.25) is 5.02 Å². The number of anilines is 1. The van der Waals surface area contributed by atoms with E-state index in [-0.39, 0.29) is 24.3 Å². The van der Waals surface area contributed by atoms with Crippen molar-refractivity contribution in [2.24, 2.45) is 5.92 Å². The summed E-state index contributed by atoms with van der Waals surface area (Å²) in [4.78, 5) is 26.1. The molecule has 1 aliphatic carbocycles. The molecule has 0 bridgehead atoms. The van der Waals surface area contributed by atoms with Crippen LogP contribution in [0.25, 0.3) is 0 Å². The molecule has 1 aromatic rings. The second-order valence-electron chi connectivity index (χ2n) is 5.92. The zero-order chi connectivity index (χ0) is 16.8. The summed E-state index contributed by atoms with van der Waals surface area (Å²) in [6.45, 7) is 0.0189. The Kier molecular flexibility index (Phi) is 6.28. The molecule has 6 heteroatoms. The van der Waals surface area contributed by atoms with Crippen molar-refractivity contribution in [2.45, 2.75) is 32.1 Å². The lowest BCUT2D eigenvalue weighted by Gasteiger charge is -2.26. The topological polar surface area (TPSA) is 58.6 Å². The number of halogens is 1. The van der Waals surface area contributed by atoms with E-state index in [2.05, 4.69) is 5.32 Å². The molecule has 1 aromatic carbocycles. The van der Waals surface area contributed by atoms with Crippen LogP contribution in [-0.2, 0) is 9.59 Å². The third kappa shape index (κ3) is 4.86. The van der Waals surface area contributed by atoms with E-state index in [0.29, 0.717) is 16.5 Å². The normalized spacial score (nSPS) is 15.1. The highest BCUT2D eigenvalue weighted by atomic mass is 35.5. The number of hydrogen-bond donors (Lipinski definition) is 1. The lowest BCUT2D eigenvalue weighted by molar-refractivity contribution is -0.137. The molecule has 0 atom stereocenters. The minimum atomic E-state index is -0.266. The van der Waals surface area contributed by atoms with E-state index in [9.17, 15) is 9.59 Å². The van der Waals surface area contributed by atoms with Gasteiger partial charge in [0.2, 0.25) is 11.8 Å². The number of carbonyl (C=O) groups is 2. The van der Waals surface area contributed by atoms with Crippen LogP contribution < -0.4 is 10.1 Å². The van der Waals surface area contributed by atoms with Gasteiger partial charge in [0.1, 0.15) is 5.75 Å². The summed E-state index contributed by atoms with van der Waals surface area (Å²) in [5.41, 5.74) is 0.503. The molecule has 0 spiro atoms. The van der Waals surface area contributed by atoms with Crippen molar-refractivity contribution < 1.29 is 14.3 Å². The van der Waals surface area contributed by atoms with Gasteiger partial charge in [0.15, 0.2) is 0 Å². The third-order valence-corrected chi connectivity index (χ3v) is 4.38. The van der Waals surface area contributed by atoms with E-state index in [0.717, 1.165) is 25.7 Å². The summed E-state index contributed by atoms with van der Waals surface area (Å²) in [7, 11) is 3.20. The van der Waals surface area contributed by atoms with Crippen molar-refractivity contribution in [3.63, 3.8) is 0 Å². The van der Waals surface area contributed by atoms with Gasteiger partial charge in [-0.05, 0) is 31.0 Å². The van der Waals surface area contributed by atoms with Crippen molar-refractivity contribution in [3.8, 4) is 5.75 Å². The van der Waals surface area contributed by atoms with Crippen molar-refractivity contribution in [2.75, 3.05) is 26.0 Å². The molecule has 1 aliphatic rings. The Bertz CT molecular complexity index is 571. The first-order valence-electron chi connectivity index (χ1n) is 7.89. The summed E-state index contributed by atoms with van der Waals surface area (Å²) >= 11 is 5.94. The minimum Gasteiger partial charge on any atom is -0.495 e. The lowest BCUT2D eigenvalue weighted by Crippen LogP contribution is -2.39. The van der Waals surface area contributed by atoms with E-state index in [1.165, 1.54) is 18.4 Å². The zero-order valence-electron chi connectivity index (χ0n) is 13.6. The minimum absolute atomic E-state index is 0.0189. The Morgan fingerprint density at radius 2 is 2.00 bits per heavy atom. The Morgan fingerprint density at radius 1 is 1.30 bits per heavy atom. The number of carbonyl (C=O) groups excluding carboxylic acids is 2. The van der Waals surface area contributed by atoms with Crippen LogP contribution in [0.1, 0.15) is 32.1 Å². The standard InChI is InChI=1S/C17H23ClN2O3/c1-20(17(22)12-6-4-3-5-7-12)11-16(21)19-14-10-13(18)8-9-15(14)23-2/h8-10,12H,3-7,11H2,1-2H3,(H,19,21). The van der Waals surface area contributed by atoms with E-state index >= 15 is 0 Å². The Balaban J connectivity index is 1.93. The molecule has 126 valence electrons. The molecular weight excluding hydrogens is 316 g/mol. The quantitative estimate of drug-likeness (QED) is 0.895. The van der Waals surface area contributed by atoms with Gasteiger partial charge in [0.05, 0.1) is 19.3 Å². The van der Waals surface area contributed by atoms with Crippen LogP contribution in [0.4, 0.5) is 5.69 Å². The molecule has 0 radical (unpaired) electrons. The fourth-order valence-electron chi connectivity index (χ4n) is 2.92. The van der Waals surface area contributed by atoms with Gasteiger partial charge < -0.3 is 15.0 Å². The molecule has 23 heavy (non-hydrogen) atoms. The van der Waals surface area contributed by atoms with Crippen molar-refractivity contribution in [1.82, 2.24) is 4.90 Å². The van der Waals surface area contributed by atoms with Crippen LogP contribution in [-0.4, -0.2) is 37.4 Å². The molecule has 0 unspecified atom stereocenters. The first kappa shape index (κ1) is 17.6. The second kappa shape index (κ2) is 8.20. The highest BCUT2D eigenvalue weighted by Crippen LogP contribution is 2.28. The third-order valence-electron chi connectivity index (χ3n) is 4.15. The number of ether oxygens (including phenoxy) is 1. The number of rotatable bonds is 5. The predicted molar refractivity (Wildman–Crippen MR) is 90.8 cm³/mol. The van der Waals surface area contributed by atoms with Crippen molar-refractivity contribution in [3.05, 3.63) is 23.2 Å². The maximum Gasteiger partial charge on any atom is 0.244 e. The van der Waals surface area contributed by atoms with Crippen molar-refractivity contribution >= 4 is 29.1 Å². The highest BCUT2D eigenvalue weighted by Gasteiger charge is 2.25. The number of nitrogens with one attached hydrogen (secondary N) is 1. The van der Waals surface area contributed by atoms with Crippen LogP contribution in [0.5, 0.6) is 5.75 Å². The SMILES string of the molecule is COc1ccc(Cl)cc1NC(=O)CN(C)C(=O)C1CCCCC1. The maximum atomic E-state index is 12.4. The maximum absolute atomic E-state index is 12.4. The van der Waals surface area contributed by atoms with Crippen LogP contribution >= 0.6 is 11.6 Å². The van der Waals surface area contributed by atoms with Gasteiger partial charge in [-0.15, -0.1) is 0 Å². The summed E-state index contributed by atoms with van der Waals surface area (Å²) in [5, 5.41) is 3.26. The fraction of sp³-hybridized carbons (Fsp3) is 0.529. The van der Waals surface area contributed by atoms with Gasteiger partial charge in [-0.2, -0.15) is 0 Å². The lowest BCUT2D eigenvalue weighted by atomic mass is 9.88. The predicted octanol–water partition coefficient (Wildman–Crippen LogP) is 3.33. The van der Waals surface area contributed by atoms with E-state index in [1.54, 1.807) is 25.2 Å². The van der Waals surface area contributed by atoms with Crippen LogP contribution in [0, 0.1) is 5.92 Å². The first-order chi connectivity index (χ1) is 11.0. The average Bonchev–Trinajstić information content (AvgIpc) is 2.55. The van der Waals surface area contributed by atoms with Gasteiger partial charge in [0, 0.05) is 18.0 Å². The molecule has 2 amide bonds. The summed E-state index contributed by atoms with van der Waals surface area (Å²) in [5.74, 6) is 0.376. The first-order valence-corrected chi connectivity index (χ1v) is 8.27. The van der Waals surface area contributed by atoms with Crippen LogP contribution in [0.15, 0.2) is 18.2 Å². The van der Waals surface area contributed by atoms with E-state index in [1.807, 2.05) is 0 Å². The van der Waals surface area contributed by atoms with Crippen molar-refractivity contribution in [1.29, 1.82) is 0 Å². The van der Waals surface area contributed by atoms with Gasteiger partial charge in [-0.25, -0.2) is 0 Å². The molecule has 5 nitrogen and oxygen atoms in total. The van der Waals surface area contributed by atoms with Gasteiger partial charge in [-0.3, -0.25) is 9.59 Å². The number of likely N-dealkylation sites (N-methyl/N-ethyl adjacent to an activating group) is 1. The van der Waals surface area contributed by atoms with E-state index in [4.69, 9.17) is 16.3 Å². The zero-order valence-corrected chi connectivity index (χ0v) is 14.4. The Morgan fingerprint density at radius 3 is 2.65 bits per heavy atom. The Labute approximate surface area is 141 Å². The summed E-state index contributed by atoms with van der Waals surface area (Å²) < 4.78 is 5.19. The molecule has 1 saturated carbocycles. The number of methoxy groups -OCH3 is 1. The fourth-order valence-corrected chi connectivity index (χ4v) is 3.09. The molecule has 1 fully saturated rings. The molecule has 0 aromatic heterocycles. The van der Waals surface area contributed by atoms with Gasteiger partial charge in [-0.1, -0.05) is 30.9 Å².